The largest absolute Gasteiger partial charge is 0.431 e. The van der Waals surface area contributed by atoms with Crippen molar-refractivity contribution >= 4 is 44.5 Å². The maximum absolute atomic E-state index is 5.75. The Balaban J connectivity index is 1.83. The number of aryl methyl sites for hydroxylation is 2. The van der Waals surface area contributed by atoms with Crippen molar-refractivity contribution in [3.8, 4) is 0 Å². The van der Waals surface area contributed by atoms with Gasteiger partial charge >= 0.3 is 0 Å². The van der Waals surface area contributed by atoms with Crippen molar-refractivity contribution in [3.63, 3.8) is 0 Å². The van der Waals surface area contributed by atoms with Crippen LogP contribution in [0.2, 0.25) is 0 Å². The monoisotopic (exact) mass is 366 g/mol. The van der Waals surface area contributed by atoms with Gasteiger partial charge in [0.15, 0.2) is 5.58 Å². The minimum Gasteiger partial charge on any atom is -0.431 e. The van der Waals surface area contributed by atoms with Crippen LogP contribution in [-0.4, -0.2) is 14.8 Å². The summed E-state index contributed by atoms with van der Waals surface area (Å²) >= 11 is 5.15. The molecular formula is C14H15BrN4OS. The molecule has 0 amide bonds. The van der Waals surface area contributed by atoms with Gasteiger partial charge in [-0.05, 0) is 48.0 Å². The predicted octanol–water partition coefficient (Wildman–Crippen LogP) is 3.99. The minimum absolute atomic E-state index is 0.643. The molecular weight excluding hydrogens is 352 g/mol. The number of rotatable bonds is 4. The van der Waals surface area contributed by atoms with E-state index in [1.807, 2.05) is 29.8 Å². The number of fused-ring (bicyclic) bond motifs is 1. The lowest BCUT2D eigenvalue weighted by atomic mass is 10.3. The van der Waals surface area contributed by atoms with Crippen LogP contribution >= 0.6 is 27.7 Å². The molecule has 0 atom stereocenters. The average Bonchev–Trinajstić information content (AvgIpc) is 2.98. The maximum atomic E-state index is 5.75. The lowest BCUT2D eigenvalue weighted by Crippen LogP contribution is -2.01. The van der Waals surface area contributed by atoms with E-state index in [4.69, 9.17) is 10.2 Å². The first kappa shape index (κ1) is 14.5. The molecule has 3 aromatic rings. The Morgan fingerprint density at radius 2 is 2.24 bits per heavy atom. The summed E-state index contributed by atoms with van der Waals surface area (Å²) in [5.74, 6) is 0.748. The second-order valence-electron chi connectivity index (χ2n) is 4.66. The topological polar surface area (TPSA) is 69.9 Å². The number of anilines is 1. The van der Waals surface area contributed by atoms with Crippen LogP contribution < -0.4 is 5.73 Å². The molecule has 3 rings (SSSR count). The summed E-state index contributed by atoms with van der Waals surface area (Å²) in [5.41, 5.74) is 10.1. The molecule has 0 aliphatic rings. The van der Waals surface area contributed by atoms with Gasteiger partial charge in [0.1, 0.15) is 5.52 Å². The number of aromatic nitrogens is 3. The third-order valence-electron chi connectivity index (χ3n) is 3.18. The van der Waals surface area contributed by atoms with Gasteiger partial charge in [-0.15, -0.1) is 0 Å². The Hall–Kier alpha value is -1.47. The highest BCUT2D eigenvalue weighted by Crippen LogP contribution is 2.30. The van der Waals surface area contributed by atoms with Crippen molar-refractivity contribution in [3.05, 3.63) is 34.1 Å². The smallest absolute Gasteiger partial charge is 0.257 e. The molecule has 110 valence electrons. The summed E-state index contributed by atoms with van der Waals surface area (Å²) in [6.45, 7) is 4.91. The Morgan fingerprint density at radius 1 is 1.43 bits per heavy atom. The van der Waals surface area contributed by atoms with Crippen molar-refractivity contribution < 1.29 is 4.42 Å². The molecule has 1 aromatic carbocycles. The normalized spacial score (nSPS) is 11.4. The lowest BCUT2D eigenvalue weighted by Gasteiger charge is -2.03. The van der Waals surface area contributed by atoms with Gasteiger partial charge in [-0.3, -0.25) is 4.68 Å². The van der Waals surface area contributed by atoms with E-state index in [0.29, 0.717) is 10.9 Å². The third-order valence-corrected chi connectivity index (χ3v) is 5.05. The summed E-state index contributed by atoms with van der Waals surface area (Å²) in [6.07, 6.45) is 0. The van der Waals surface area contributed by atoms with Crippen LogP contribution in [0.4, 0.5) is 5.69 Å². The van der Waals surface area contributed by atoms with Gasteiger partial charge in [0.25, 0.3) is 5.22 Å². The van der Waals surface area contributed by atoms with E-state index < -0.39 is 0 Å². The van der Waals surface area contributed by atoms with Crippen LogP contribution in [0, 0.1) is 6.92 Å². The Morgan fingerprint density at radius 3 is 3.00 bits per heavy atom. The summed E-state index contributed by atoms with van der Waals surface area (Å²) < 4.78 is 8.76. The molecule has 5 nitrogen and oxygen atoms in total. The van der Waals surface area contributed by atoms with Crippen LogP contribution in [0.3, 0.4) is 0 Å². The maximum Gasteiger partial charge on any atom is 0.257 e. The number of hydrogen-bond donors (Lipinski definition) is 1. The number of nitrogen functional groups attached to an aromatic ring is 1. The van der Waals surface area contributed by atoms with Crippen molar-refractivity contribution in [1.82, 2.24) is 14.8 Å². The molecule has 2 N–H and O–H groups in total. The Bertz CT molecular complexity index is 796. The van der Waals surface area contributed by atoms with Crippen LogP contribution in [0.1, 0.15) is 18.3 Å². The quantitative estimate of drug-likeness (QED) is 0.558. The summed E-state index contributed by atoms with van der Waals surface area (Å²) in [4.78, 5) is 4.45. The van der Waals surface area contributed by atoms with Gasteiger partial charge in [0.05, 0.1) is 15.9 Å². The molecule has 0 unspecified atom stereocenters. The molecule has 0 saturated carbocycles. The molecule has 2 heterocycles. The number of nitrogens with zero attached hydrogens (tertiary/aromatic N) is 3. The highest BCUT2D eigenvalue weighted by Gasteiger charge is 2.14. The fraction of sp³-hybridized carbons (Fsp3) is 0.286. The van der Waals surface area contributed by atoms with Crippen LogP contribution in [-0.2, 0) is 12.3 Å². The van der Waals surface area contributed by atoms with E-state index in [1.54, 1.807) is 11.8 Å². The highest BCUT2D eigenvalue weighted by atomic mass is 79.9. The van der Waals surface area contributed by atoms with Crippen molar-refractivity contribution in [2.24, 2.45) is 0 Å². The summed E-state index contributed by atoms with van der Waals surface area (Å²) in [7, 11) is 0. The van der Waals surface area contributed by atoms with Gasteiger partial charge in [-0.2, -0.15) is 5.10 Å². The number of thioether (sulfide) groups is 1. The lowest BCUT2D eigenvalue weighted by molar-refractivity contribution is 0.489. The first-order valence-electron chi connectivity index (χ1n) is 6.59. The summed E-state index contributed by atoms with van der Waals surface area (Å²) in [5, 5.41) is 5.13. The van der Waals surface area contributed by atoms with E-state index in [9.17, 15) is 0 Å². The molecule has 0 fully saturated rings. The number of halogens is 1. The van der Waals surface area contributed by atoms with Gasteiger partial charge < -0.3 is 10.2 Å². The second kappa shape index (κ2) is 5.73. The number of nitrogens with two attached hydrogens (primary N) is 1. The molecule has 7 heteroatoms. The standard InChI is InChI=1S/C14H15BrN4OS/c1-3-19-11(13(15)8(2)18-19)7-21-14-17-10-6-9(16)4-5-12(10)20-14/h4-6H,3,7,16H2,1-2H3. The average molecular weight is 367 g/mol. The van der Waals surface area contributed by atoms with Crippen molar-refractivity contribution in [2.45, 2.75) is 31.4 Å². The van der Waals surface area contributed by atoms with E-state index in [2.05, 4.69) is 32.9 Å². The molecule has 2 aromatic heterocycles. The molecule has 0 aliphatic heterocycles. The third kappa shape index (κ3) is 2.80. The minimum atomic E-state index is 0.643. The second-order valence-corrected chi connectivity index (χ2v) is 6.38. The number of hydrogen-bond acceptors (Lipinski definition) is 5. The van der Waals surface area contributed by atoms with Gasteiger partial charge in [0.2, 0.25) is 0 Å². The molecule has 21 heavy (non-hydrogen) atoms. The van der Waals surface area contributed by atoms with Crippen LogP contribution in [0.25, 0.3) is 11.1 Å². The number of benzene rings is 1. The van der Waals surface area contributed by atoms with E-state index in [-0.39, 0.29) is 0 Å². The SMILES string of the molecule is CCn1nc(C)c(Br)c1CSc1nc2cc(N)ccc2o1. The Labute approximate surface area is 135 Å². The number of oxazole rings is 1. The zero-order valence-electron chi connectivity index (χ0n) is 11.8. The molecule has 0 bridgehead atoms. The van der Waals surface area contributed by atoms with Crippen molar-refractivity contribution in [2.75, 3.05) is 5.73 Å². The predicted molar refractivity (Wildman–Crippen MR) is 88.3 cm³/mol. The van der Waals surface area contributed by atoms with Crippen LogP contribution in [0.5, 0.6) is 0 Å². The zero-order chi connectivity index (χ0) is 15.0. The van der Waals surface area contributed by atoms with Gasteiger partial charge in [-0.1, -0.05) is 11.8 Å². The first-order chi connectivity index (χ1) is 10.1. The van der Waals surface area contributed by atoms with Gasteiger partial charge in [0, 0.05) is 18.0 Å². The van der Waals surface area contributed by atoms with E-state index in [1.165, 1.54) is 0 Å². The fourth-order valence-corrected chi connectivity index (χ4v) is 3.60. The van der Waals surface area contributed by atoms with Crippen LogP contribution in [0.15, 0.2) is 32.3 Å². The zero-order valence-corrected chi connectivity index (χ0v) is 14.2. The van der Waals surface area contributed by atoms with Crippen molar-refractivity contribution in [1.29, 1.82) is 0 Å². The highest BCUT2D eigenvalue weighted by molar-refractivity contribution is 9.10. The molecule has 0 saturated heterocycles. The molecule has 0 spiro atoms. The molecule has 0 aliphatic carbocycles. The first-order valence-corrected chi connectivity index (χ1v) is 8.37. The molecule has 0 radical (unpaired) electrons. The van der Waals surface area contributed by atoms with Gasteiger partial charge in [-0.25, -0.2) is 4.98 Å². The summed E-state index contributed by atoms with van der Waals surface area (Å²) in [6, 6.07) is 5.48. The fourth-order valence-electron chi connectivity index (χ4n) is 2.12. The van der Waals surface area contributed by atoms with E-state index in [0.717, 1.165) is 39.3 Å². The Kier molecular flexibility index (Phi) is 3.95. The van der Waals surface area contributed by atoms with E-state index >= 15 is 0 Å².